The van der Waals surface area contributed by atoms with Crippen LogP contribution in [0.3, 0.4) is 0 Å². The molecule has 2 heterocycles. The van der Waals surface area contributed by atoms with Crippen LogP contribution in [0.5, 0.6) is 0 Å². The highest BCUT2D eigenvalue weighted by Crippen LogP contribution is 2.17. The summed E-state index contributed by atoms with van der Waals surface area (Å²) < 4.78 is 5.37. The number of nitrogens with one attached hydrogen (secondary N) is 2. The minimum Gasteiger partial charge on any atom is -0.381 e. The highest BCUT2D eigenvalue weighted by atomic mass is 16.5. The third-order valence-corrected chi connectivity index (χ3v) is 3.23. The fourth-order valence-electron chi connectivity index (χ4n) is 2.09. The van der Waals surface area contributed by atoms with Crippen LogP contribution in [0, 0.1) is 5.92 Å². The molecule has 1 fully saturated rings. The Morgan fingerprint density at radius 2 is 2.22 bits per heavy atom. The Balaban J connectivity index is 1.87. The molecule has 0 aromatic carbocycles. The van der Waals surface area contributed by atoms with Gasteiger partial charge in [0.15, 0.2) is 0 Å². The molecule has 0 amide bonds. The molecular formula is C13H22N4O. The molecule has 1 aromatic rings. The maximum absolute atomic E-state index is 5.37. The van der Waals surface area contributed by atoms with E-state index in [0.717, 1.165) is 50.1 Å². The second-order valence-corrected chi connectivity index (χ2v) is 4.60. The van der Waals surface area contributed by atoms with Crippen LogP contribution in [0.1, 0.15) is 25.6 Å². The molecule has 0 aliphatic carbocycles. The third kappa shape index (κ3) is 3.57. The lowest BCUT2D eigenvalue weighted by Crippen LogP contribution is -2.11. The van der Waals surface area contributed by atoms with Crippen molar-refractivity contribution >= 4 is 11.6 Å². The first-order chi connectivity index (χ1) is 8.81. The van der Waals surface area contributed by atoms with E-state index in [1.807, 2.05) is 13.1 Å². The maximum Gasteiger partial charge on any atom is 0.132 e. The SMILES string of the molecule is CCc1nc(NC)cc(NCCC2CCOC2)n1. The molecule has 0 bridgehead atoms. The Labute approximate surface area is 108 Å². The van der Waals surface area contributed by atoms with Crippen molar-refractivity contribution in [1.82, 2.24) is 9.97 Å². The molecule has 2 rings (SSSR count). The first-order valence-corrected chi connectivity index (χ1v) is 6.69. The molecule has 1 aliphatic heterocycles. The van der Waals surface area contributed by atoms with Gasteiger partial charge in [-0.3, -0.25) is 0 Å². The lowest BCUT2D eigenvalue weighted by molar-refractivity contribution is 0.185. The number of nitrogens with zero attached hydrogens (tertiary/aromatic N) is 2. The van der Waals surface area contributed by atoms with Gasteiger partial charge in [0.25, 0.3) is 0 Å². The summed E-state index contributed by atoms with van der Waals surface area (Å²) in [5.41, 5.74) is 0. The molecule has 5 heteroatoms. The molecule has 5 nitrogen and oxygen atoms in total. The van der Waals surface area contributed by atoms with E-state index in [9.17, 15) is 0 Å². The summed E-state index contributed by atoms with van der Waals surface area (Å²) in [7, 11) is 1.88. The van der Waals surface area contributed by atoms with Gasteiger partial charge in [0, 0.05) is 39.3 Å². The van der Waals surface area contributed by atoms with E-state index in [4.69, 9.17) is 4.74 Å². The zero-order chi connectivity index (χ0) is 12.8. The zero-order valence-corrected chi connectivity index (χ0v) is 11.2. The zero-order valence-electron chi connectivity index (χ0n) is 11.2. The van der Waals surface area contributed by atoms with Gasteiger partial charge in [-0.2, -0.15) is 0 Å². The molecule has 1 aromatic heterocycles. The van der Waals surface area contributed by atoms with Crippen molar-refractivity contribution in [2.24, 2.45) is 5.92 Å². The lowest BCUT2D eigenvalue weighted by atomic mass is 10.1. The van der Waals surface area contributed by atoms with Crippen LogP contribution < -0.4 is 10.6 Å². The number of hydrogen-bond donors (Lipinski definition) is 2. The third-order valence-electron chi connectivity index (χ3n) is 3.23. The predicted molar refractivity (Wildman–Crippen MR) is 73.0 cm³/mol. The predicted octanol–water partition coefficient (Wildman–Crippen LogP) is 1.92. The van der Waals surface area contributed by atoms with Crippen LogP contribution in [0.15, 0.2) is 6.07 Å². The van der Waals surface area contributed by atoms with E-state index in [0.29, 0.717) is 5.92 Å². The molecule has 1 saturated heterocycles. The van der Waals surface area contributed by atoms with Crippen LogP contribution in [0.25, 0.3) is 0 Å². The van der Waals surface area contributed by atoms with Crippen molar-refractivity contribution in [2.45, 2.75) is 26.2 Å². The van der Waals surface area contributed by atoms with Crippen molar-refractivity contribution < 1.29 is 4.74 Å². The molecule has 0 radical (unpaired) electrons. The van der Waals surface area contributed by atoms with E-state index >= 15 is 0 Å². The maximum atomic E-state index is 5.37. The molecule has 18 heavy (non-hydrogen) atoms. The van der Waals surface area contributed by atoms with E-state index in [2.05, 4.69) is 27.5 Å². The number of aryl methyl sites for hydroxylation is 1. The Morgan fingerprint density at radius 3 is 2.89 bits per heavy atom. The molecular weight excluding hydrogens is 228 g/mol. The summed E-state index contributed by atoms with van der Waals surface area (Å²) >= 11 is 0. The standard InChI is InChI=1S/C13H22N4O/c1-3-11-16-12(14-2)8-13(17-11)15-6-4-10-5-7-18-9-10/h8,10H,3-7,9H2,1-2H3,(H2,14,15,16,17). The average Bonchev–Trinajstić information content (AvgIpc) is 2.91. The summed E-state index contributed by atoms with van der Waals surface area (Å²) in [4.78, 5) is 8.84. The van der Waals surface area contributed by atoms with Crippen molar-refractivity contribution in [3.8, 4) is 0 Å². The number of rotatable bonds is 6. The molecule has 100 valence electrons. The van der Waals surface area contributed by atoms with Crippen molar-refractivity contribution in [2.75, 3.05) is 37.4 Å². The van der Waals surface area contributed by atoms with Gasteiger partial charge < -0.3 is 15.4 Å². The van der Waals surface area contributed by atoms with Gasteiger partial charge in [-0.05, 0) is 18.8 Å². The number of ether oxygens (including phenoxy) is 1. The summed E-state index contributed by atoms with van der Waals surface area (Å²) in [5.74, 6) is 3.35. The van der Waals surface area contributed by atoms with Gasteiger partial charge in [-0.15, -0.1) is 0 Å². The highest BCUT2D eigenvalue weighted by molar-refractivity contribution is 5.47. The largest absolute Gasteiger partial charge is 0.381 e. The summed E-state index contributed by atoms with van der Waals surface area (Å²) in [6.07, 6.45) is 3.18. The first kappa shape index (κ1) is 13.1. The van der Waals surface area contributed by atoms with E-state index in [1.54, 1.807) is 0 Å². The quantitative estimate of drug-likeness (QED) is 0.807. The number of hydrogen-bond acceptors (Lipinski definition) is 5. The van der Waals surface area contributed by atoms with Crippen LogP contribution >= 0.6 is 0 Å². The van der Waals surface area contributed by atoms with Gasteiger partial charge in [0.05, 0.1) is 0 Å². The van der Waals surface area contributed by atoms with Crippen LogP contribution in [0.4, 0.5) is 11.6 Å². The summed E-state index contributed by atoms with van der Waals surface area (Å²) in [6.45, 7) is 4.83. The molecule has 1 unspecified atom stereocenters. The topological polar surface area (TPSA) is 59.1 Å². The van der Waals surface area contributed by atoms with Crippen molar-refractivity contribution in [3.05, 3.63) is 11.9 Å². The Kier molecular flexibility index (Phi) is 4.75. The van der Waals surface area contributed by atoms with Crippen molar-refractivity contribution in [1.29, 1.82) is 0 Å². The van der Waals surface area contributed by atoms with E-state index < -0.39 is 0 Å². The van der Waals surface area contributed by atoms with Gasteiger partial charge >= 0.3 is 0 Å². The first-order valence-electron chi connectivity index (χ1n) is 6.69. The second kappa shape index (κ2) is 6.54. The number of aromatic nitrogens is 2. The average molecular weight is 250 g/mol. The van der Waals surface area contributed by atoms with Crippen LogP contribution in [-0.4, -0.2) is 36.8 Å². The lowest BCUT2D eigenvalue weighted by Gasteiger charge is -2.11. The van der Waals surface area contributed by atoms with Gasteiger partial charge in [0.1, 0.15) is 17.5 Å². The summed E-state index contributed by atoms with van der Waals surface area (Å²) in [6, 6.07) is 1.95. The van der Waals surface area contributed by atoms with Crippen molar-refractivity contribution in [3.63, 3.8) is 0 Å². The van der Waals surface area contributed by atoms with E-state index in [-0.39, 0.29) is 0 Å². The van der Waals surface area contributed by atoms with Gasteiger partial charge in [0.2, 0.25) is 0 Å². The minimum absolute atomic E-state index is 0.703. The molecule has 0 saturated carbocycles. The van der Waals surface area contributed by atoms with Crippen LogP contribution in [-0.2, 0) is 11.2 Å². The second-order valence-electron chi connectivity index (χ2n) is 4.60. The highest BCUT2D eigenvalue weighted by Gasteiger charge is 2.14. The normalized spacial score (nSPS) is 18.9. The Morgan fingerprint density at radius 1 is 1.39 bits per heavy atom. The smallest absolute Gasteiger partial charge is 0.132 e. The van der Waals surface area contributed by atoms with E-state index in [1.165, 1.54) is 6.42 Å². The number of anilines is 2. The fraction of sp³-hybridized carbons (Fsp3) is 0.692. The minimum atomic E-state index is 0.703. The molecule has 1 aliphatic rings. The van der Waals surface area contributed by atoms with Crippen LogP contribution in [0.2, 0.25) is 0 Å². The summed E-state index contributed by atoms with van der Waals surface area (Å²) in [5, 5.41) is 6.44. The molecule has 2 N–H and O–H groups in total. The molecule has 0 spiro atoms. The fourth-order valence-corrected chi connectivity index (χ4v) is 2.09. The van der Waals surface area contributed by atoms with Gasteiger partial charge in [-0.1, -0.05) is 6.92 Å². The Bertz CT molecular complexity index is 355. The Hall–Kier alpha value is -1.36. The monoisotopic (exact) mass is 250 g/mol. The molecule has 1 atom stereocenters. The van der Waals surface area contributed by atoms with Gasteiger partial charge in [-0.25, -0.2) is 9.97 Å².